The highest BCUT2D eigenvalue weighted by atomic mass is 16.3. The van der Waals surface area contributed by atoms with Gasteiger partial charge < -0.3 is 10.2 Å². The van der Waals surface area contributed by atoms with E-state index in [2.05, 4.69) is 40.7 Å². The minimum atomic E-state index is -0.499. The monoisotopic (exact) mass is 416 g/mol. The molecule has 0 unspecified atom stereocenters. The van der Waals surface area contributed by atoms with E-state index in [1.54, 1.807) is 5.57 Å². The van der Waals surface area contributed by atoms with Gasteiger partial charge in [-0.05, 0) is 117 Å². The summed E-state index contributed by atoms with van der Waals surface area (Å²) >= 11 is 0. The Hall–Kier alpha value is -0.340. The molecule has 0 amide bonds. The van der Waals surface area contributed by atoms with E-state index in [0.717, 1.165) is 49.9 Å². The fourth-order valence-electron chi connectivity index (χ4n) is 8.74. The molecule has 30 heavy (non-hydrogen) atoms. The Morgan fingerprint density at radius 1 is 0.967 bits per heavy atom. The lowest BCUT2D eigenvalue weighted by atomic mass is 9.46. The second-order valence-electron chi connectivity index (χ2n) is 13.1. The fourth-order valence-corrected chi connectivity index (χ4v) is 8.74. The van der Waals surface area contributed by atoms with Gasteiger partial charge in [-0.2, -0.15) is 0 Å². The van der Waals surface area contributed by atoms with Crippen LogP contribution in [0.25, 0.3) is 0 Å². The summed E-state index contributed by atoms with van der Waals surface area (Å²) in [4.78, 5) is 0. The third-order valence-electron chi connectivity index (χ3n) is 10.7. The summed E-state index contributed by atoms with van der Waals surface area (Å²) in [5, 5.41) is 21.7. The van der Waals surface area contributed by atoms with Crippen LogP contribution in [-0.4, -0.2) is 21.9 Å². The molecule has 2 N–H and O–H groups in total. The normalized spacial score (nSPS) is 47.8. The van der Waals surface area contributed by atoms with Crippen molar-refractivity contribution in [3.05, 3.63) is 11.6 Å². The molecule has 4 aliphatic rings. The maximum atomic E-state index is 11.0. The van der Waals surface area contributed by atoms with Gasteiger partial charge in [-0.25, -0.2) is 0 Å². The van der Waals surface area contributed by atoms with Crippen LogP contribution in [0.15, 0.2) is 11.6 Å². The van der Waals surface area contributed by atoms with Gasteiger partial charge in [0.2, 0.25) is 0 Å². The summed E-state index contributed by atoms with van der Waals surface area (Å²) in [5.41, 5.74) is 1.78. The quantitative estimate of drug-likeness (QED) is 0.487. The Bertz CT molecular complexity index is 664. The summed E-state index contributed by atoms with van der Waals surface area (Å²) < 4.78 is 0. The predicted molar refractivity (Wildman–Crippen MR) is 125 cm³/mol. The van der Waals surface area contributed by atoms with Crippen LogP contribution < -0.4 is 0 Å². The van der Waals surface area contributed by atoms with E-state index < -0.39 is 5.60 Å². The molecule has 0 aromatic carbocycles. The molecule has 172 valence electrons. The fraction of sp³-hybridized carbons (Fsp3) is 0.929. The average molecular weight is 417 g/mol. The van der Waals surface area contributed by atoms with E-state index in [4.69, 9.17) is 0 Å². The maximum Gasteiger partial charge on any atom is 0.0657 e. The first-order valence-electron chi connectivity index (χ1n) is 13.1. The summed E-state index contributed by atoms with van der Waals surface area (Å²) in [6, 6.07) is 0. The molecule has 0 radical (unpaired) electrons. The number of aliphatic hydroxyl groups is 2. The smallest absolute Gasteiger partial charge is 0.0657 e. The lowest BCUT2D eigenvalue weighted by molar-refractivity contribution is -0.0780. The van der Waals surface area contributed by atoms with Gasteiger partial charge in [0.25, 0.3) is 0 Å². The summed E-state index contributed by atoms with van der Waals surface area (Å²) in [6.45, 7) is 14.0. The number of rotatable bonds is 5. The molecular formula is C28H48O2. The molecule has 2 heteroatoms. The van der Waals surface area contributed by atoms with E-state index in [9.17, 15) is 10.2 Å². The molecule has 2 nitrogen and oxygen atoms in total. The first-order chi connectivity index (χ1) is 14.0. The van der Waals surface area contributed by atoms with Crippen LogP contribution in [0.4, 0.5) is 0 Å². The second kappa shape index (κ2) is 7.91. The number of fused-ring (bicyclic) bond motifs is 5. The van der Waals surface area contributed by atoms with E-state index in [1.807, 2.05) is 6.92 Å². The molecule has 0 spiro atoms. The van der Waals surface area contributed by atoms with Crippen molar-refractivity contribution in [3.8, 4) is 0 Å². The summed E-state index contributed by atoms with van der Waals surface area (Å²) in [5.74, 6) is 4.20. The Labute approximate surface area is 185 Å². The Morgan fingerprint density at radius 3 is 2.40 bits per heavy atom. The molecule has 4 aliphatic carbocycles. The van der Waals surface area contributed by atoms with Crippen molar-refractivity contribution in [2.75, 3.05) is 0 Å². The van der Waals surface area contributed by atoms with Crippen molar-refractivity contribution in [3.63, 3.8) is 0 Å². The molecule has 0 aromatic rings. The van der Waals surface area contributed by atoms with Gasteiger partial charge in [0.15, 0.2) is 0 Å². The van der Waals surface area contributed by atoms with Gasteiger partial charge in [0, 0.05) is 0 Å². The molecule has 3 fully saturated rings. The maximum absolute atomic E-state index is 11.0. The largest absolute Gasteiger partial charge is 0.393 e. The van der Waals surface area contributed by atoms with Crippen LogP contribution in [0.1, 0.15) is 106 Å². The average Bonchev–Trinajstić information content (AvgIpc) is 3.03. The highest BCUT2D eigenvalue weighted by Gasteiger charge is 2.60. The van der Waals surface area contributed by atoms with Crippen molar-refractivity contribution in [1.82, 2.24) is 0 Å². The van der Waals surface area contributed by atoms with Gasteiger partial charge in [-0.1, -0.05) is 46.3 Å². The van der Waals surface area contributed by atoms with E-state index in [0.29, 0.717) is 28.6 Å². The molecule has 0 saturated heterocycles. The molecular weight excluding hydrogens is 368 g/mol. The number of hydrogen-bond donors (Lipinski definition) is 2. The topological polar surface area (TPSA) is 40.5 Å². The van der Waals surface area contributed by atoms with E-state index >= 15 is 0 Å². The van der Waals surface area contributed by atoms with Crippen molar-refractivity contribution in [2.45, 2.75) is 117 Å². The zero-order valence-electron chi connectivity index (χ0n) is 20.6. The van der Waals surface area contributed by atoms with Crippen LogP contribution in [-0.2, 0) is 0 Å². The van der Waals surface area contributed by atoms with Gasteiger partial charge >= 0.3 is 0 Å². The van der Waals surface area contributed by atoms with Gasteiger partial charge in [0.1, 0.15) is 0 Å². The molecule has 9 atom stereocenters. The van der Waals surface area contributed by atoms with Crippen LogP contribution >= 0.6 is 0 Å². The molecule has 0 aromatic heterocycles. The third kappa shape index (κ3) is 3.72. The van der Waals surface area contributed by atoms with Gasteiger partial charge in [-0.3, -0.25) is 0 Å². The number of aliphatic hydroxyl groups excluding tert-OH is 1. The van der Waals surface area contributed by atoms with E-state index in [1.165, 1.54) is 32.1 Å². The molecule has 0 aliphatic heterocycles. The number of hydrogen-bond acceptors (Lipinski definition) is 2. The molecule has 4 rings (SSSR count). The van der Waals surface area contributed by atoms with Gasteiger partial charge in [0.05, 0.1) is 11.7 Å². The lowest BCUT2D eigenvalue weighted by Crippen LogP contribution is -2.52. The highest BCUT2D eigenvalue weighted by Crippen LogP contribution is 2.67. The summed E-state index contributed by atoms with van der Waals surface area (Å²) in [7, 11) is 0. The van der Waals surface area contributed by atoms with Gasteiger partial charge in [-0.15, -0.1) is 0 Å². The predicted octanol–water partition coefficient (Wildman–Crippen LogP) is 6.75. The lowest BCUT2D eigenvalue weighted by Gasteiger charge is -2.59. The molecule has 0 heterocycles. The zero-order valence-corrected chi connectivity index (χ0v) is 20.6. The van der Waals surface area contributed by atoms with E-state index in [-0.39, 0.29) is 6.10 Å². The SMILES string of the molecule is CC(C)CC[C@H](O)[C@@H](C)[C@H]1CC[C@H]2[C@@H]3CC=C4C[C@@](C)(O)CC[C@]4(C)[C@H]3CC[C@]12C. The summed E-state index contributed by atoms with van der Waals surface area (Å²) in [6.07, 6.45) is 14.1. The Balaban J connectivity index is 1.52. The first kappa shape index (κ1) is 22.8. The van der Waals surface area contributed by atoms with Crippen LogP contribution in [0.5, 0.6) is 0 Å². The minimum absolute atomic E-state index is 0.137. The highest BCUT2D eigenvalue weighted by molar-refractivity contribution is 5.26. The molecule has 0 bridgehead atoms. The van der Waals surface area contributed by atoms with Crippen molar-refractivity contribution >= 4 is 0 Å². The third-order valence-corrected chi connectivity index (χ3v) is 10.7. The Kier molecular flexibility index (Phi) is 6.02. The Morgan fingerprint density at radius 2 is 1.70 bits per heavy atom. The van der Waals surface area contributed by atoms with Crippen LogP contribution in [0.2, 0.25) is 0 Å². The second-order valence-corrected chi connectivity index (χ2v) is 13.1. The standard InChI is InChI=1S/C28H48O2/c1-18(2)7-12-25(29)19(3)22-10-11-23-21-9-8-20-17-26(4,30)15-16-27(20,5)24(21)13-14-28(22,23)6/h8,18-19,21-25,29-30H,7,9-17H2,1-6H3/t19-,21-,22+,23-,24-,25-,26-,27-,28+/m0/s1. The van der Waals surface area contributed by atoms with Crippen molar-refractivity contribution in [1.29, 1.82) is 0 Å². The first-order valence-corrected chi connectivity index (χ1v) is 13.1. The van der Waals surface area contributed by atoms with Crippen molar-refractivity contribution in [2.24, 2.45) is 46.3 Å². The van der Waals surface area contributed by atoms with Crippen LogP contribution in [0.3, 0.4) is 0 Å². The van der Waals surface area contributed by atoms with Crippen molar-refractivity contribution < 1.29 is 10.2 Å². The zero-order chi connectivity index (χ0) is 21.9. The number of allylic oxidation sites excluding steroid dienone is 1. The van der Waals surface area contributed by atoms with Crippen LogP contribution in [0, 0.1) is 46.3 Å². The molecule has 3 saturated carbocycles. The minimum Gasteiger partial charge on any atom is -0.393 e.